The molecule has 1 amide bonds. The van der Waals surface area contributed by atoms with Crippen LogP contribution in [0.2, 0.25) is 0 Å². The first-order valence-corrected chi connectivity index (χ1v) is 11.0. The van der Waals surface area contributed by atoms with Crippen LogP contribution in [0.3, 0.4) is 0 Å². The van der Waals surface area contributed by atoms with Crippen LogP contribution in [0.15, 0.2) is 11.4 Å². The van der Waals surface area contributed by atoms with E-state index in [0.717, 1.165) is 16.9 Å². The topological polar surface area (TPSA) is 94.0 Å². The molecule has 0 fully saturated rings. The van der Waals surface area contributed by atoms with E-state index >= 15 is 0 Å². The van der Waals surface area contributed by atoms with Crippen LogP contribution in [0, 0.1) is 0 Å². The summed E-state index contributed by atoms with van der Waals surface area (Å²) in [5.41, 5.74) is 0.757. The normalized spacial score (nSPS) is 11.3. The summed E-state index contributed by atoms with van der Waals surface area (Å²) in [6.45, 7) is 9.16. The van der Waals surface area contributed by atoms with Gasteiger partial charge in [-0.05, 0) is 13.3 Å². The zero-order valence-electron chi connectivity index (χ0n) is 16.7. The van der Waals surface area contributed by atoms with Gasteiger partial charge < -0.3 is 15.4 Å². The van der Waals surface area contributed by atoms with Crippen LogP contribution >= 0.6 is 23.4 Å². The molecule has 0 aliphatic carbocycles. The van der Waals surface area contributed by atoms with E-state index in [-0.39, 0.29) is 5.91 Å². The molecule has 2 heterocycles. The van der Waals surface area contributed by atoms with Gasteiger partial charge in [-0.25, -0.2) is 14.6 Å². The van der Waals surface area contributed by atoms with E-state index in [0.29, 0.717) is 62.0 Å². The molecule has 0 saturated heterocycles. The van der Waals surface area contributed by atoms with Crippen molar-refractivity contribution in [3.8, 4) is 0 Å². The van der Waals surface area contributed by atoms with Crippen molar-refractivity contribution in [1.82, 2.24) is 25.1 Å². The molecule has 2 N–H and O–H groups in total. The minimum absolute atomic E-state index is 0.000990. The molecule has 0 atom stereocenters. The predicted molar refractivity (Wildman–Crippen MR) is 114 cm³/mol. The minimum atomic E-state index is 0.000990. The van der Waals surface area contributed by atoms with Crippen molar-refractivity contribution in [1.29, 1.82) is 0 Å². The average Bonchev–Trinajstić information content (AvgIpc) is 3.06. The molecule has 2 aromatic rings. The molecule has 156 valence electrons. The Kier molecular flexibility index (Phi) is 9.80. The molecular formula is C18H29ClN6O2S. The van der Waals surface area contributed by atoms with Gasteiger partial charge >= 0.3 is 0 Å². The van der Waals surface area contributed by atoms with Gasteiger partial charge in [0.1, 0.15) is 5.82 Å². The van der Waals surface area contributed by atoms with E-state index in [1.54, 1.807) is 22.6 Å². The van der Waals surface area contributed by atoms with Gasteiger partial charge in [0.15, 0.2) is 10.8 Å². The van der Waals surface area contributed by atoms with Crippen LogP contribution in [-0.2, 0) is 16.1 Å². The number of thioether (sulfide) groups is 1. The Bertz CT molecular complexity index is 755. The Morgan fingerprint density at radius 1 is 1.36 bits per heavy atom. The Hall–Kier alpha value is -1.58. The fraction of sp³-hybridized carbons (Fsp3) is 0.667. The van der Waals surface area contributed by atoms with Gasteiger partial charge in [0.05, 0.1) is 24.7 Å². The summed E-state index contributed by atoms with van der Waals surface area (Å²) in [5.74, 6) is 1.25. The first-order valence-electron chi connectivity index (χ1n) is 9.59. The number of carbonyl (C=O) groups is 1. The first kappa shape index (κ1) is 22.7. The van der Waals surface area contributed by atoms with Crippen molar-refractivity contribution in [2.24, 2.45) is 0 Å². The maximum atomic E-state index is 11.7. The molecular weight excluding hydrogens is 400 g/mol. The quantitative estimate of drug-likeness (QED) is 0.219. The number of amides is 1. The molecule has 0 radical (unpaired) electrons. The van der Waals surface area contributed by atoms with Crippen molar-refractivity contribution in [2.45, 2.75) is 50.6 Å². The van der Waals surface area contributed by atoms with E-state index in [1.807, 2.05) is 6.92 Å². The Morgan fingerprint density at radius 3 is 2.89 bits per heavy atom. The lowest BCUT2D eigenvalue weighted by Gasteiger charge is -2.11. The molecule has 0 bridgehead atoms. The van der Waals surface area contributed by atoms with Crippen LogP contribution in [0.4, 0.5) is 5.82 Å². The van der Waals surface area contributed by atoms with Crippen LogP contribution < -0.4 is 10.6 Å². The smallest absolute Gasteiger partial charge is 0.220 e. The van der Waals surface area contributed by atoms with Crippen molar-refractivity contribution >= 4 is 46.1 Å². The molecule has 0 aliphatic heterocycles. The molecule has 28 heavy (non-hydrogen) atoms. The molecule has 0 aliphatic rings. The van der Waals surface area contributed by atoms with E-state index in [1.165, 1.54) is 0 Å². The highest BCUT2D eigenvalue weighted by Crippen LogP contribution is 2.26. The molecule has 8 nitrogen and oxygen atoms in total. The van der Waals surface area contributed by atoms with Crippen molar-refractivity contribution in [3.63, 3.8) is 0 Å². The minimum Gasteiger partial charge on any atom is -0.380 e. The number of carbonyl (C=O) groups excluding carboxylic acids is 1. The monoisotopic (exact) mass is 428 g/mol. The number of rotatable bonds is 13. The molecule has 0 spiro atoms. The average molecular weight is 429 g/mol. The number of nitrogens with zero attached hydrogens (tertiary/aromatic N) is 4. The molecule has 2 aromatic heterocycles. The molecule has 10 heteroatoms. The summed E-state index contributed by atoms with van der Waals surface area (Å²) in [5, 5.41) is 12.6. The molecule has 0 aromatic carbocycles. The number of aromatic nitrogens is 4. The Balaban J connectivity index is 2.12. The van der Waals surface area contributed by atoms with Gasteiger partial charge in [-0.1, -0.05) is 25.6 Å². The highest BCUT2D eigenvalue weighted by atomic mass is 35.5. The van der Waals surface area contributed by atoms with E-state index in [4.69, 9.17) is 16.3 Å². The number of hydrogen-bond donors (Lipinski definition) is 2. The van der Waals surface area contributed by atoms with Crippen molar-refractivity contribution < 1.29 is 9.53 Å². The number of halogens is 1. The second-order valence-corrected chi connectivity index (χ2v) is 8.31. The number of hydrogen-bond acceptors (Lipinski definition) is 7. The maximum absolute atomic E-state index is 11.7. The number of anilines is 1. The van der Waals surface area contributed by atoms with E-state index in [2.05, 4.69) is 39.5 Å². The lowest BCUT2D eigenvalue weighted by Crippen LogP contribution is -2.27. The Labute approximate surface area is 175 Å². The van der Waals surface area contributed by atoms with Crippen molar-refractivity contribution in [2.75, 3.05) is 37.5 Å². The number of nitrogens with one attached hydrogen (secondary N) is 2. The highest BCUT2D eigenvalue weighted by molar-refractivity contribution is 7.99. The largest absolute Gasteiger partial charge is 0.380 e. The number of fused-ring (bicyclic) bond motifs is 1. The highest BCUT2D eigenvalue weighted by Gasteiger charge is 2.14. The maximum Gasteiger partial charge on any atom is 0.220 e. The number of alkyl halides is 1. The van der Waals surface area contributed by atoms with Crippen LogP contribution in [-0.4, -0.2) is 63.1 Å². The molecule has 0 saturated carbocycles. The number of ether oxygens (including phenoxy) is 1. The SMILES string of the molecule is CCOCCNc1nc(SC(C)C)nc2c1cnn2CCNC(=O)CCCCl. The third-order valence-corrected chi connectivity index (χ3v) is 4.88. The second kappa shape index (κ2) is 12.1. The lowest BCUT2D eigenvalue weighted by atomic mass is 10.3. The van der Waals surface area contributed by atoms with Gasteiger partial charge in [0, 0.05) is 37.2 Å². The van der Waals surface area contributed by atoms with E-state index in [9.17, 15) is 4.79 Å². The summed E-state index contributed by atoms with van der Waals surface area (Å²) in [7, 11) is 0. The van der Waals surface area contributed by atoms with Crippen molar-refractivity contribution in [3.05, 3.63) is 6.20 Å². The fourth-order valence-electron chi connectivity index (χ4n) is 2.50. The summed E-state index contributed by atoms with van der Waals surface area (Å²) >= 11 is 7.23. The van der Waals surface area contributed by atoms with Crippen LogP contribution in [0.1, 0.15) is 33.6 Å². The lowest BCUT2D eigenvalue weighted by molar-refractivity contribution is -0.121. The molecule has 0 unspecified atom stereocenters. The summed E-state index contributed by atoms with van der Waals surface area (Å²) in [6.07, 6.45) is 2.88. The Morgan fingerprint density at radius 2 is 2.18 bits per heavy atom. The zero-order chi connectivity index (χ0) is 20.4. The van der Waals surface area contributed by atoms with Gasteiger partial charge in [0.2, 0.25) is 5.91 Å². The summed E-state index contributed by atoms with van der Waals surface area (Å²) < 4.78 is 7.19. The van der Waals surface area contributed by atoms with E-state index < -0.39 is 0 Å². The first-order chi connectivity index (χ1) is 13.5. The summed E-state index contributed by atoms with van der Waals surface area (Å²) in [4.78, 5) is 21.1. The second-order valence-electron chi connectivity index (χ2n) is 6.39. The predicted octanol–water partition coefficient (Wildman–Crippen LogP) is 2.91. The summed E-state index contributed by atoms with van der Waals surface area (Å²) in [6, 6.07) is 0. The third kappa shape index (κ3) is 7.10. The molecule has 2 rings (SSSR count). The van der Waals surface area contributed by atoms with Gasteiger partial charge in [-0.15, -0.1) is 11.6 Å². The van der Waals surface area contributed by atoms with Crippen LogP contribution in [0.5, 0.6) is 0 Å². The van der Waals surface area contributed by atoms with Gasteiger partial charge in [-0.3, -0.25) is 4.79 Å². The van der Waals surface area contributed by atoms with Crippen LogP contribution in [0.25, 0.3) is 11.0 Å². The fourth-order valence-corrected chi connectivity index (χ4v) is 3.34. The standard InChI is InChI=1S/C18H29ClN6O2S/c1-4-27-11-9-21-16-14-12-22-25(10-8-20-15(26)6-5-7-19)17(14)24-18(23-16)28-13(2)3/h12-13H,4-11H2,1-3H3,(H,20,26)(H,21,23,24). The third-order valence-electron chi connectivity index (χ3n) is 3.74. The zero-order valence-corrected chi connectivity index (χ0v) is 18.3. The van der Waals surface area contributed by atoms with Gasteiger partial charge in [-0.2, -0.15) is 5.10 Å². The van der Waals surface area contributed by atoms with Gasteiger partial charge in [0.25, 0.3) is 0 Å².